The molecule has 3 heteroatoms. The molecule has 0 bridgehead atoms. The minimum Gasteiger partial charge on any atom is -0.490 e. The molecule has 1 aromatic rings. The maximum absolute atomic E-state index is 8.92. The summed E-state index contributed by atoms with van der Waals surface area (Å²) in [6.45, 7) is 4.25. The number of ether oxygens (including phenoxy) is 1. The summed E-state index contributed by atoms with van der Waals surface area (Å²) in [4.78, 5) is 0. The van der Waals surface area contributed by atoms with Gasteiger partial charge < -0.3 is 9.94 Å². The fraction of sp³-hybridized carbons (Fsp3) is 0.500. The van der Waals surface area contributed by atoms with E-state index < -0.39 is 0 Å². The van der Waals surface area contributed by atoms with Gasteiger partial charge in [-0.1, -0.05) is 30.6 Å². The lowest BCUT2D eigenvalue weighted by Gasteiger charge is -2.16. The predicted molar refractivity (Wildman–Crippen MR) is 68.1 cm³/mol. The Morgan fingerprint density at radius 2 is 2.24 bits per heavy atom. The first-order valence-corrected chi connectivity index (χ1v) is 6.26. The van der Waals surface area contributed by atoms with E-state index in [1.807, 2.05) is 18.2 Å². The Balaban J connectivity index is 2.23. The van der Waals surface area contributed by atoms with E-state index in [4.69, 9.17) is 9.94 Å². The average Bonchev–Trinajstić information content (AvgIpc) is 2.73. The first kappa shape index (κ1) is 12.0. The Labute approximate surface area is 102 Å². The van der Waals surface area contributed by atoms with Gasteiger partial charge in [0, 0.05) is 11.1 Å². The minimum absolute atomic E-state index is 0.238. The highest BCUT2D eigenvalue weighted by molar-refractivity contribution is 6.04. The third kappa shape index (κ3) is 2.43. The van der Waals surface area contributed by atoms with Gasteiger partial charge in [-0.2, -0.15) is 0 Å². The van der Waals surface area contributed by atoms with Crippen molar-refractivity contribution < 1.29 is 9.94 Å². The van der Waals surface area contributed by atoms with Gasteiger partial charge in [-0.05, 0) is 32.3 Å². The van der Waals surface area contributed by atoms with E-state index in [0.717, 1.165) is 42.7 Å². The van der Waals surface area contributed by atoms with Gasteiger partial charge >= 0.3 is 0 Å². The zero-order chi connectivity index (χ0) is 12.3. The van der Waals surface area contributed by atoms with Crippen LogP contribution in [0.5, 0.6) is 5.75 Å². The first-order valence-electron chi connectivity index (χ1n) is 6.26. The van der Waals surface area contributed by atoms with Crippen LogP contribution in [0.3, 0.4) is 0 Å². The van der Waals surface area contributed by atoms with Crippen LogP contribution >= 0.6 is 0 Å². The Morgan fingerprint density at radius 1 is 1.41 bits per heavy atom. The summed E-state index contributed by atoms with van der Waals surface area (Å²) in [6.07, 6.45) is 4.13. The second-order valence-corrected chi connectivity index (χ2v) is 4.55. The van der Waals surface area contributed by atoms with Crippen LogP contribution in [0.2, 0.25) is 0 Å². The van der Waals surface area contributed by atoms with Crippen molar-refractivity contribution in [2.24, 2.45) is 5.16 Å². The molecule has 0 fully saturated rings. The standard InChI is InChI=1S/C14H19NO2/c1-3-5-10(2)17-14-7-4-6-11-12(14)8-9-13(11)15-16/h4,6-7,10,16H,3,5,8-9H2,1-2H3/b15-13+. The monoisotopic (exact) mass is 233 g/mol. The molecule has 0 amide bonds. The fourth-order valence-corrected chi connectivity index (χ4v) is 2.37. The number of nitrogens with zero attached hydrogens (tertiary/aromatic N) is 1. The van der Waals surface area contributed by atoms with Crippen molar-refractivity contribution in [1.29, 1.82) is 0 Å². The van der Waals surface area contributed by atoms with E-state index in [2.05, 4.69) is 19.0 Å². The van der Waals surface area contributed by atoms with Crippen LogP contribution < -0.4 is 4.74 Å². The molecular weight excluding hydrogens is 214 g/mol. The predicted octanol–water partition coefficient (Wildman–Crippen LogP) is 3.38. The van der Waals surface area contributed by atoms with Crippen molar-refractivity contribution in [2.45, 2.75) is 45.6 Å². The smallest absolute Gasteiger partial charge is 0.123 e. The Hall–Kier alpha value is -1.51. The molecule has 0 aromatic heterocycles. The molecule has 0 saturated heterocycles. The quantitative estimate of drug-likeness (QED) is 0.640. The molecule has 17 heavy (non-hydrogen) atoms. The summed E-state index contributed by atoms with van der Waals surface area (Å²) in [5, 5.41) is 12.3. The van der Waals surface area contributed by atoms with Crippen molar-refractivity contribution in [3.8, 4) is 5.75 Å². The van der Waals surface area contributed by atoms with Crippen LogP contribution in [0.1, 0.15) is 44.2 Å². The third-order valence-corrected chi connectivity index (χ3v) is 3.20. The second-order valence-electron chi connectivity index (χ2n) is 4.55. The van der Waals surface area contributed by atoms with E-state index in [0.29, 0.717) is 0 Å². The highest BCUT2D eigenvalue weighted by Crippen LogP contribution is 2.31. The number of hydrogen-bond acceptors (Lipinski definition) is 3. The molecule has 2 rings (SSSR count). The lowest BCUT2D eigenvalue weighted by molar-refractivity contribution is 0.208. The third-order valence-electron chi connectivity index (χ3n) is 3.20. The molecule has 0 heterocycles. The van der Waals surface area contributed by atoms with Crippen molar-refractivity contribution in [2.75, 3.05) is 0 Å². The summed E-state index contributed by atoms with van der Waals surface area (Å²) in [5.74, 6) is 0.946. The molecule has 1 aliphatic rings. The van der Waals surface area contributed by atoms with Gasteiger partial charge in [-0.15, -0.1) is 0 Å². The van der Waals surface area contributed by atoms with Gasteiger partial charge in [0.15, 0.2) is 0 Å². The number of benzene rings is 1. The van der Waals surface area contributed by atoms with Crippen LogP contribution in [-0.4, -0.2) is 17.0 Å². The van der Waals surface area contributed by atoms with Gasteiger partial charge in [-0.3, -0.25) is 0 Å². The van der Waals surface area contributed by atoms with Crippen LogP contribution in [0.4, 0.5) is 0 Å². The van der Waals surface area contributed by atoms with Gasteiger partial charge in [0.1, 0.15) is 5.75 Å². The van der Waals surface area contributed by atoms with Crippen LogP contribution in [0.25, 0.3) is 0 Å². The van der Waals surface area contributed by atoms with Gasteiger partial charge in [0.2, 0.25) is 0 Å². The summed E-state index contributed by atoms with van der Waals surface area (Å²) >= 11 is 0. The van der Waals surface area contributed by atoms with Crippen molar-refractivity contribution in [3.63, 3.8) is 0 Å². The molecule has 0 saturated carbocycles. The van der Waals surface area contributed by atoms with Crippen molar-refractivity contribution in [3.05, 3.63) is 29.3 Å². The number of oxime groups is 1. The Bertz CT molecular complexity index is 426. The number of rotatable bonds is 4. The summed E-state index contributed by atoms with van der Waals surface area (Å²) in [7, 11) is 0. The van der Waals surface area contributed by atoms with E-state index in [-0.39, 0.29) is 6.10 Å². The molecule has 0 aliphatic heterocycles. The van der Waals surface area contributed by atoms with E-state index in [1.54, 1.807) is 0 Å². The van der Waals surface area contributed by atoms with E-state index >= 15 is 0 Å². The molecule has 3 nitrogen and oxygen atoms in total. The Kier molecular flexibility index (Phi) is 3.67. The zero-order valence-corrected chi connectivity index (χ0v) is 10.4. The van der Waals surface area contributed by atoms with E-state index in [9.17, 15) is 0 Å². The fourth-order valence-electron chi connectivity index (χ4n) is 2.37. The largest absolute Gasteiger partial charge is 0.490 e. The minimum atomic E-state index is 0.238. The normalized spacial score (nSPS) is 18.1. The van der Waals surface area contributed by atoms with Gasteiger partial charge in [-0.25, -0.2) is 0 Å². The maximum Gasteiger partial charge on any atom is 0.123 e. The highest BCUT2D eigenvalue weighted by atomic mass is 16.5. The lowest BCUT2D eigenvalue weighted by Crippen LogP contribution is -2.12. The van der Waals surface area contributed by atoms with Gasteiger partial charge in [0.25, 0.3) is 0 Å². The second kappa shape index (κ2) is 5.21. The zero-order valence-electron chi connectivity index (χ0n) is 10.4. The average molecular weight is 233 g/mol. The molecule has 1 atom stereocenters. The molecular formula is C14H19NO2. The van der Waals surface area contributed by atoms with Gasteiger partial charge in [0.05, 0.1) is 11.8 Å². The van der Waals surface area contributed by atoms with Crippen LogP contribution in [0, 0.1) is 0 Å². The molecule has 0 spiro atoms. The molecule has 1 aromatic carbocycles. The highest BCUT2D eigenvalue weighted by Gasteiger charge is 2.22. The van der Waals surface area contributed by atoms with Crippen molar-refractivity contribution in [1.82, 2.24) is 0 Å². The number of hydrogen-bond donors (Lipinski definition) is 1. The first-order chi connectivity index (χ1) is 8.26. The molecule has 1 unspecified atom stereocenters. The summed E-state index contributed by atoms with van der Waals surface area (Å²) in [5.41, 5.74) is 2.99. The summed E-state index contributed by atoms with van der Waals surface area (Å²) < 4.78 is 5.95. The van der Waals surface area contributed by atoms with Crippen molar-refractivity contribution >= 4 is 5.71 Å². The molecule has 92 valence electrons. The van der Waals surface area contributed by atoms with E-state index in [1.165, 1.54) is 5.56 Å². The topological polar surface area (TPSA) is 41.8 Å². The summed E-state index contributed by atoms with van der Waals surface area (Å²) in [6, 6.07) is 5.96. The van der Waals surface area contributed by atoms with Crippen LogP contribution in [-0.2, 0) is 6.42 Å². The lowest BCUT2D eigenvalue weighted by atomic mass is 10.1. The molecule has 1 N–H and O–H groups in total. The molecule has 0 radical (unpaired) electrons. The van der Waals surface area contributed by atoms with Crippen LogP contribution in [0.15, 0.2) is 23.4 Å². The molecule has 1 aliphatic carbocycles. The maximum atomic E-state index is 8.92. The Morgan fingerprint density at radius 3 is 2.94 bits per heavy atom. The SMILES string of the molecule is CCCC(C)Oc1cccc2c1CC/C2=N\O. The number of fused-ring (bicyclic) bond motifs is 1.